The molecular formula is C17H24O. The zero-order valence-electron chi connectivity index (χ0n) is 12.2. The van der Waals surface area contributed by atoms with E-state index in [1.54, 1.807) is 13.2 Å². The quantitative estimate of drug-likeness (QED) is 0.657. The average molecular weight is 244 g/mol. The van der Waals surface area contributed by atoms with Crippen molar-refractivity contribution in [1.29, 1.82) is 0 Å². The van der Waals surface area contributed by atoms with Gasteiger partial charge in [0, 0.05) is 5.56 Å². The zero-order chi connectivity index (χ0) is 14.0. The van der Waals surface area contributed by atoms with Gasteiger partial charge >= 0.3 is 0 Å². The Morgan fingerprint density at radius 1 is 1.22 bits per heavy atom. The SMILES string of the molecule is C=C/C=C(\C(C)=C/C)c1ccccc1OC.CC. The molecule has 1 rings (SSSR count). The topological polar surface area (TPSA) is 9.23 Å². The van der Waals surface area contributed by atoms with Crippen LogP contribution in [0.15, 0.2) is 54.6 Å². The first-order valence-electron chi connectivity index (χ1n) is 6.34. The second-order valence-corrected chi connectivity index (χ2v) is 3.49. The molecule has 0 bridgehead atoms. The van der Waals surface area contributed by atoms with Gasteiger partial charge in [-0.25, -0.2) is 0 Å². The predicted molar refractivity (Wildman–Crippen MR) is 81.9 cm³/mol. The molecule has 0 N–H and O–H groups in total. The molecule has 0 atom stereocenters. The average Bonchev–Trinajstić information content (AvgIpc) is 2.46. The fraction of sp³-hybridized carbons (Fsp3) is 0.294. The highest BCUT2D eigenvalue weighted by Gasteiger charge is 2.07. The Labute approximate surface area is 111 Å². The molecular weight excluding hydrogens is 220 g/mol. The number of para-hydroxylation sites is 1. The zero-order valence-corrected chi connectivity index (χ0v) is 12.2. The van der Waals surface area contributed by atoms with Gasteiger partial charge in [0.15, 0.2) is 0 Å². The van der Waals surface area contributed by atoms with Crippen molar-refractivity contribution in [3.8, 4) is 5.75 Å². The van der Waals surface area contributed by atoms with E-state index in [9.17, 15) is 0 Å². The minimum Gasteiger partial charge on any atom is -0.496 e. The smallest absolute Gasteiger partial charge is 0.126 e. The van der Waals surface area contributed by atoms with Gasteiger partial charge in [-0.2, -0.15) is 0 Å². The van der Waals surface area contributed by atoms with Crippen LogP contribution in [0.1, 0.15) is 33.3 Å². The molecule has 0 radical (unpaired) electrons. The second kappa shape index (κ2) is 9.29. The molecule has 1 aromatic rings. The van der Waals surface area contributed by atoms with Crippen LogP contribution in [0.3, 0.4) is 0 Å². The predicted octanol–water partition coefficient (Wildman–Crippen LogP) is 5.26. The van der Waals surface area contributed by atoms with Crippen molar-refractivity contribution in [2.24, 2.45) is 0 Å². The summed E-state index contributed by atoms with van der Waals surface area (Å²) in [5, 5.41) is 0. The van der Waals surface area contributed by atoms with E-state index in [1.807, 2.05) is 45.0 Å². The maximum atomic E-state index is 5.36. The van der Waals surface area contributed by atoms with E-state index in [1.165, 1.54) is 5.57 Å². The van der Waals surface area contributed by atoms with E-state index in [0.717, 1.165) is 16.9 Å². The van der Waals surface area contributed by atoms with Crippen molar-refractivity contribution in [3.63, 3.8) is 0 Å². The highest BCUT2D eigenvalue weighted by molar-refractivity contribution is 5.82. The third kappa shape index (κ3) is 4.25. The molecule has 0 saturated carbocycles. The van der Waals surface area contributed by atoms with Gasteiger partial charge in [0.2, 0.25) is 0 Å². The number of allylic oxidation sites excluding steroid dienone is 5. The third-order valence-corrected chi connectivity index (χ3v) is 2.54. The fourth-order valence-corrected chi connectivity index (χ4v) is 1.57. The van der Waals surface area contributed by atoms with Crippen LogP contribution in [-0.4, -0.2) is 7.11 Å². The molecule has 0 aromatic heterocycles. The largest absolute Gasteiger partial charge is 0.496 e. The lowest BCUT2D eigenvalue weighted by molar-refractivity contribution is 0.413. The van der Waals surface area contributed by atoms with Gasteiger partial charge in [-0.05, 0) is 31.1 Å². The number of ether oxygens (including phenoxy) is 1. The van der Waals surface area contributed by atoms with Crippen molar-refractivity contribution >= 4 is 5.57 Å². The summed E-state index contributed by atoms with van der Waals surface area (Å²) in [7, 11) is 1.69. The number of benzene rings is 1. The van der Waals surface area contributed by atoms with Crippen LogP contribution in [0.5, 0.6) is 5.75 Å². The van der Waals surface area contributed by atoms with E-state index in [4.69, 9.17) is 4.74 Å². The lowest BCUT2D eigenvalue weighted by atomic mass is 9.97. The highest BCUT2D eigenvalue weighted by atomic mass is 16.5. The molecule has 0 unspecified atom stereocenters. The number of methoxy groups -OCH3 is 1. The van der Waals surface area contributed by atoms with Crippen LogP contribution in [0.2, 0.25) is 0 Å². The van der Waals surface area contributed by atoms with E-state index < -0.39 is 0 Å². The summed E-state index contributed by atoms with van der Waals surface area (Å²) in [6, 6.07) is 8.01. The Hall–Kier alpha value is -1.76. The molecule has 0 saturated heterocycles. The van der Waals surface area contributed by atoms with Crippen LogP contribution < -0.4 is 4.74 Å². The summed E-state index contributed by atoms with van der Waals surface area (Å²) in [4.78, 5) is 0. The lowest BCUT2D eigenvalue weighted by Gasteiger charge is -2.12. The van der Waals surface area contributed by atoms with Crippen molar-refractivity contribution in [1.82, 2.24) is 0 Å². The Kier molecular flexibility index (Phi) is 8.38. The summed E-state index contributed by atoms with van der Waals surface area (Å²) < 4.78 is 5.36. The summed E-state index contributed by atoms with van der Waals surface area (Å²) in [6.45, 7) is 11.9. The van der Waals surface area contributed by atoms with Gasteiger partial charge in [-0.3, -0.25) is 0 Å². The van der Waals surface area contributed by atoms with Crippen LogP contribution in [-0.2, 0) is 0 Å². The lowest BCUT2D eigenvalue weighted by Crippen LogP contribution is -1.92. The van der Waals surface area contributed by atoms with E-state index in [-0.39, 0.29) is 0 Å². The van der Waals surface area contributed by atoms with Crippen LogP contribution in [0.25, 0.3) is 5.57 Å². The molecule has 0 fully saturated rings. The molecule has 0 amide bonds. The van der Waals surface area contributed by atoms with E-state index >= 15 is 0 Å². The molecule has 0 aliphatic heterocycles. The van der Waals surface area contributed by atoms with Crippen LogP contribution in [0, 0.1) is 0 Å². The van der Waals surface area contributed by atoms with E-state index in [2.05, 4.69) is 25.6 Å². The monoisotopic (exact) mass is 244 g/mol. The van der Waals surface area contributed by atoms with E-state index in [0.29, 0.717) is 0 Å². The molecule has 0 aliphatic rings. The van der Waals surface area contributed by atoms with Gasteiger partial charge in [-0.1, -0.05) is 56.9 Å². The Morgan fingerprint density at radius 2 is 1.83 bits per heavy atom. The van der Waals surface area contributed by atoms with Gasteiger partial charge in [0.05, 0.1) is 7.11 Å². The molecule has 98 valence electrons. The summed E-state index contributed by atoms with van der Waals surface area (Å²) >= 11 is 0. The number of hydrogen-bond acceptors (Lipinski definition) is 1. The number of hydrogen-bond donors (Lipinski definition) is 0. The number of rotatable bonds is 4. The van der Waals surface area contributed by atoms with Crippen molar-refractivity contribution < 1.29 is 4.74 Å². The first-order valence-corrected chi connectivity index (χ1v) is 6.34. The molecule has 18 heavy (non-hydrogen) atoms. The van der Waals surface area contributed by atoms with Crippen molar-refractivity contribution in [2.45, 2.75) is 27.7 Å². The third-order valence-electron chi connectivity index (χ3n) is 2.54. The molecule has 0 spiro atoms. The van der Waals surface area contributed by atoms with Crippen LogP contribution in [0.4, 0.5) is 0 Å². The molecule has 0 aliphatic carbocycles. The van der Waals surface area contributed by atoms with Gasteiger partial charge in [0.1, 0.15) is 5.75 Å². The maximum absolute atomic E-state index is 5.36. The molecule has 1 aromatic carbocycles. The minimum atomic E-state index is 0.886. The fourth-order valence-electron chi connectivity index (χ4n) is 1.57. The Morgan fingerprint density at radius 3 is 2.33 bits per heavy atom. The molecule has 0 heterocycles. The van der Waals surface area contributed by atoms with Gasteiger partial charge in [-0.15, -0.1) is 0 Å². The Balaban J connectivity index is 0.00000137. The summed E-state index contributed by atoms with van der Waals surface area (Å²) in [5.41, 5.74) is 3.46. The Bertz CT molecular complexity index is 425. The first-order chi connectivity index (χ1) is 8.74. The molecule has 1 heteroatoms. The van der Waals surface area contributed by atoms with Crippen LogP contribution >= 0.6 is 0 Å². The van der Waals surface area contributed by atoms with Gasteiger partial charge in [0.25, 0.3) is 0 Å². The first kappa shape index (κ1) is 16.2. The normalized spacial score (nSPS) is 11.4. The molecule has 1 nitrogen and oxygen atoms in total. The highest BCUT2D eigenvalue weighted by Crippen LogP contribution is 2.30. The van der Waals surface area contributed by atoms with Crippen molar-refractivity contribution in [2.75, 3.05) is 7.11 Å². The maximum Gasteiger partial charge on any atom is 0.126 e. The standard InChI is InChI=1S/C15H18O.C2H6/c1-5-9-13(12(3)6-2)14-10-7-8-11-15(14)16-4;1-2/h5-11H,1H2,2-4H3;1-2H3/b12-6-,13-9+;. The summed E-state index contributed by atoms with van der Waals surface area (Å²) in [6.07, 6.45) is 5.89. The van der Waals surface area contributed by atoms with Crippen molar-refractivity contribution in [3.05, 3.63) is 60.2 Å². The summed E-state index contributed by atoms with van der Waals surface area (Å²) in [5.74, 6) is 0.886. The minimum absolute atomic E-state index is 0.886. The second-order valence-electron chi connectivity index (χ2n) is 3.49. The van der Waals surface area contributed by atoms with Gasteiger partial charge < -0.3 is 4.74 Å².